The van der Waals surface area contributed by atoms with E-state index in [0.717, 1.165) is 37.4 Å². The number of anilines is 2. The molecule has 1 amide bonds. The summed E-state index contributed by atoms with van der Waals surface area (Å²) in [7, 11) is 2.16. The molecule has 0 atom stereocenters. The van der Waals surface area contributed by atoms with Gasteiger partial charge in [0.25, 0.3) is 0 Å². The van der Waals surface area contributed by atoms with E-state index in [4.69, 9.17) is 0 Å². The summed E-state index contributed by atoms with van der Waals surface area (Å²) in [5.41, 5.74) is 4.30. The van der Waals surface area contributed by atoms with Gasteiger partial charge in [0.2, 0.25) is 5.91 Å². The molecule has 1 heterocycles. The molecule has 2 aromatic rings. The summed E-state index contributed by atoms with van der Waals surface area (Å²) in [5, 5.41) is 2.98. The number of hydrogen-bond donors (Lipinski definition) is 1. The first-order valence-electron chi connectivity index (χ1n) is 8.49. The molecule has 126 valence electrons. The number of likely N-dealkylation sites (N-methyl/N-ethyl adjacent to an activating group) is 1. The van der Waals surface area contributed by atoms with Gasteiger partial charge in [-0.3, -0.25) is 4.79 Å². The van der Waals surface area contributed by atoms with Crippen LogP contribution in [0.1, 0.15) is 11.1 Å². The molecule has 1 saturated heterocycles. The van der Waals surface area contributed by atoms with E-state index in [2.05, 4.69) is 40.4 Å². The minimum Gasteiger partial charge on any atom is -0.369 e. The monoisotopic (exact) mass is 323 g/mol. The summed E-state index contributed by atoms with van der Waals surface area (Å²) in [6.07, 6.45) is 0.405. The number of piperazine rings is 1. The predicted molar refractivity (Wildman–Crippen MR) is 99.7 cm³/mol. The van der Waals surface area contributed by atoms with E-state index < -0.39 is 0 Å². The van der Waals surface area contributed by atoms with Crippen LogP contribution in [0.2, 0.25) is 0 Å². The summed E-state index contributed by atoms with van der Waals surface area (Å²) < 4.78 is 0. The van der Waals surface area contributed by atoms with Crippen molar-refractivity contribution in [2.24, 2.45) is 0 Å². The number of amides is 1. The van der Waals surface area contributed by atoms with Crippen LogP contribution >= 0.6 is 0 Å². The fraction of sp³-hybridized carbons (Fsp3) is 0.350. The summed E-state index contributed by atoms with van der Waals surface area (Å²) in [6.45, 7) is 6.33. The standard InChI is InChI=1S/C20H25N3O/c1-16-4-3-5-17(14-16)15-20(24)21-18-6-8-19(9-7-18)23-12-10-22(2)11-13-23/h3-9,14H,10-13,15H2,1-2H3,(H,21,24). The van der Waals surface area contributed by atoms with Gasteiger partial charge in [0.15, 0.2) is 0 Å². The van der Waals surface area contributed by atoms with Gasteiger partial charge in [-0.05, 0) is 43.8 Å². The maximum atomic E-state index is 12.2. The van der Waals surface area contributed by atoms with Gasteiger partial charge in [-0.25, -0.2) is 0 Å². The first-order valence-corrected chi connectivity index (χ1v) is 8.49. The highest BCUT2D eigenvalue weighted by Crippen LogP contribution is 2.19. The molecule has 0 radical (unpaired) electrons. The largest absolute Gasteiger partial charge is 0.369 e. The summed E-state index contributed by atoms with van der Waals surface area (Å²) in [5.74, 6) is 0.0212. The first-order chi connectivity index (χ1) is 11.6. The molecule has 4 nitrogen and oxygen atoms in total. The molecule has 3 rings (SSSR count). The van der Waals surface area contributed by atoms with Crippen LogP contribution in [0.4, 0.5) is 11.4 Å². The Kier molecular flexibility index (Phi) is 5.16. The van der Waals surface area contributed by atoms with E-state index >= 15 is 0 Å². The van der Waals surface area contributed by atoms with E-state index in [1.807, 2.05) is 37.3 Å². The highest BCUT2D eigenvalue weighted by Gasteiger charge is 2.14. The van der Waals surface area contributed by atoms with E-state index in [1.165, 1.54) is 11.3 Å². The average molecular weight is 323 g/mol. The molecule has 1 N–H and O–H groups in total. The Morgan fingerprint density at radius 3 is 2.42 bits per heavy atom. The lowest BCUT2D eigenvalue weighted by atomic mass is 10.1. The van der Waals surface area contributed by atoms with Crippen LogP contribution in [0.3, 0.4) is 0 Å². The third kappa shape index (κ3) is 4.36. The third-order valence-electron chi connectivity index (χ3n) is 4.47. The van der Waals surface area contributed by atoms with E-state index in [1.54, 1.807) is 0 Å². The molecule has 1 aliphatic rings. The molecule has 2 aromatic carbocycles. The van der Waals surface area contributed by atoms with Crippen molar-refractivity contribution in [3.63, 3.8) is 0 Å². The molecular weight excluding hydrogens is 298 g/mol. The first kappa shape index (κ1) is 16.5. The Morgan fingerprint density at radius 2 is 1.75 bits per heavy atom. The number of rotatable bonds is 4. The molecule has 0 aromatic heterocycles. The SMILES string of the molecule is Cc1cccc(CC(=O)Nc2ccc(N3CCN(C)CC3)cc2)c1. The minimum absolute atomic E-state index is 0.0212. The maximum absolute atomic E-state index is 12.2. The fourth-order valence-electron chi connectivity index (χ4n) is 3.03. The van der Waals surface area contributed by atoms with Gasteiger partial charge in [-0.15, -0.1) is 0 Å². The zero-order valence-corrected chi connectivity index (χ0v) is 14.5. The second kappa shape index (κ2) is 7.49. The van der Waals surface area contributed by atoms with Crippen molar-refractivity contribution >= 4 is 17.3 Å². The van der Waals surface area contributed by atoms with Crippen molar-refractivity contribution in [1.29, 1.82) is 0 Å². The van der Waals surface area contributed by atoms with E-state index in [9.17, 15) is 4.79 Å². The Hall–Kier alpha value is -2.33. The van der Waals surface area contributed by atoms with Crippen molar-refractivity contribution in [3.8, 4) is 0 Å². The molecule has 0 bridgehead atoms. The Labute approximate surface area is 144 Å². The van der Waals surface area contributed by atoms with Crippen LogP contribution in [-0.2, 0) is 11.2 Å². The van der Waals surface area contributed by atoms with Crippen molar-refractivity contribution < 1.29 is 4.79 Å². The quantitative estimate of drug-likeness (QED) is 0.940. The van der Waals surface area contributed by atoms with Crippen LogP contribution in [0, 0.1) is 6.92 Å². The van der Waals surface area contributed by atoms with Crippen molar-refractivity contribution in [2.75, 3.05) is 43.4 Å². The van der Waals surface area contributed by atoms with Gasteiger partial charge in [-0.2, -0.15) is 0 Å². The molecule has 0 aliphatic carbocycles. The van der Waals surface area contributed by atoms with Gasteiger partial charge >= 0.3 is 0 Å². The molecule has 4 heteroatoms. The topological polar surface area (TPSA) is 35.6 Å². The van der Waals surface area contributed by atoms with Gasteiger partial charge in [0, 0.05) is 37.6 Å². The predicted octanol–water partition coefficient (Wildman–Crippen LogP) is 2.93. The zero-order chi connectivity index (χ0) is 16.9. The molecule has 1 aliphatic heterocycles. The van der Waals surface area contributed by atoms with Gasteiger partial charge in [0.05, 0.1) is 6.42 Å². The summed E-state index contributed by atoms with van der Waals surface area (Å²) in [6, 6.07) is 16.2. The second-order valence-electron chi connectivity index (χ2n) is 6.55. The maximum Gasteiger partial charge on any atom is 0.228 e. The number of hydrogen-bond acceptors (Lipinski definition) is 3. The average Bonchev–Trinajstić information content (AvgIpc) is 2.56. The van der Waals surface area contributed by atoms with Crippen molar-refractivity contribution in [3.05, 3.63) is 59.7 Å². The Bertz CT molecular complexity index is 688. The van der Waals surface area contributed by atoms with Gasteiger partial charge < -0.3 is 15.1 Å². The van der Waals surface area contributed by atoms with Crippen LogP contribution in [-0.4, -0.2) is 44.0 Å². The smallest absolute Gasteiger partial charge is 0.228 e. The highest BCUT2D eigenvalue weighted by atomic mass is 16.1. The third-order valence-corrected chi connectivity index (χ3v) is 4.47. The summed E-state index contributed by atoms with van der Waals surface area (Å²) >= 11 is 0. The molecular formula is C20H25N3O. The van der Waals surface area contributed by atoms with E-state index in [-0.39, 0.29) is 5.91 Å². The van der Waals surface area contributed by atoms with Gasteiger partial charge in [0.1, 0.15) is 0 Å². The normalized spacial score (nSPS) is 15.3. The lowest BCUT2D eigenvalue weighted by molar-refractivity contribution is -0.115. The molecule has 0 spiro atoms. The van der Waals surface area contributed by atoms with Gasteiger partial charge in [-0.1, -0.05) is 29.8 Å². The number of nitrogens with one attached hydrogen (secondary N) is 1. The summed E-state index contributed by atoms with van der Waals surface area (Å²) in [4.78, 5) is 16.9. The van der Waals surface area contributed by atoms with E-state index in [0.29, 0.717) is 6.42 Å². The number of nitrogens with zero attached hydrogens (tertiary/aromatic N) is 2. The lowest BCUT2D eigenvalue weighted by Gasteiger charge is -2.34. The molecule has 0 unspecified atom stereocenters. The highest BCUT2D eigenvalue weighted by molar-refractivity contribution is 5.92. The van der Waals surface area contributed by atoms with Crippen LogP contribution in [0.5, 0.6) is 0 Å². The minimum atomic E-state index is 0.0212. The van der Waals surface area contributed by atoms with Crippen molar-refractivity contribution in [1.82, 2.24) is 4.90 Å². The Morgan fingerprint density at radius 1 is 1.04 bits per heavy atom. The molecule has 0 saturated carbocycles. The number of benzene rings is 2. The van der Waals surface area contributed by atoms with Crippen LogP contribution < -0.4 is 10.2 Å². The lowest BCUT2D eigenvalue weighted by Crippen LogP contribution is -2.44. The molecule has 1 fully saturated rings. The number of aryl methyl sites for hydroxylation is 1. The number of carbonyl (C=O) groups excluding carboxylic acids is 1. The van der Waals surface area contributed by atoms with Crippen LogP contribution in [0.25, 0.3) is 0 Å². The second-order valence-corrected chi connectivity index (χ2v) is 6.55. The zero-order valence-electron chi connectivity index (χ0n) is 14.5. The fourth-order valence-corrected chi connectivity index (χ4v) is 3.03. The van der Waals surface area contributed by atoms with Crippen molar-refractivity contribution in [2.45, 2.75) is 13.3 Å². The molecule has 24 heavy (non-hydrogen) atoms. The number of carbonyl (C=O) groups is 1. The van der Waals surface area contributed by atoms with Crippen LogP contribution in [0.15, 0.2) is 48.5 Å². The Balaban J connectivity index is 1.56.